The molecule has 1 heterocycles. The Kier molecular flexibility index (Phi) is 6.81. The zero-order chi connectivity index (χ0) is 19.9. The van der Waals surface area contributed by atoms with E-state index in [1.165, 1.54) is 23.9 Å². The summed E-state index contributed by atoms with van der Waals surface area (Å²) in [6.07, 6.45) is 0.945. The maximum absolute atomic E-state index is 13.4. The lowest BCUT2D eigenvalue weighted by molar-refractivity contribution is -0.118. The van der Waals surface area contributed by atoms with Crippen LogP contribution in [-0.4, -0.2) is 33.0 Å². The van der Waals surface area contributed by atoms with Crippen LogP contribution in [-0.2, 0) is 4.79 Å². The smallest absolute Gasteiger partial charge is 0.230 e. The molecule has 0 fully saturated rings. The minimum absolute atomic E-state index is 0.0411. The molecule has 0 aliphatic rings. The summed E-state index contributed by atoms with van der Waals surface area (Å²) in [4.78, 5) is 12.1. The van der Waals surface area contributed by atoms with Gasteiger partial charge in [0.25, 0.3) is 0 Å². The van der Waals surface area contributed by atoms with E-state index in [-0.39, 0.29) is 17.5 Å². The quantitative estimate of drug-likeness (QED) is 0.574. The summed E-state index contributed by atoms with van der Waals surface area (Å²) >= 11 is 1.31. The van der Waals surface area contributed by atoms with Crippen molar-refractivity contribution in [3.05, 3.63) is 60.4 Å². The molecule has 7 heteroatoms. The highest BCUT2D eigenvalue weighted by Crippen LogP contribution is 2.27. The van der Waals surface area contributed by atoms with Gasteiger partial charge in [-0.2, -0.15) is 0 Å². The van der Waals surface area contributed by atoms with Gasteiger partial charge in [-0.1, -0.05) is 55.9 Å². The third-order valence-corrected chi connectivity index (χ3v) is 5.06. The van der Waals surface area contributed by atoms with Crippen LogP contribution in [0.4, 0.5) is 4.39 Å². The van der Waals surface area contributed by atoms with E-state index in [0.717, 1.165) is 17.7 Å². The molecule has 1 N–H and O–H groups in total. The zero-order valence-corrected chi connectivity index (χ0v) is 16.7. The molecular weight excluding hydrogens is 375 g/mol. The molecule has 0 saturated heterocycles. The molecule has 0 aliphatic heterocycles. The van der Waals surface area contributed by atoms with Gasteiger partial charge in [0, 0.05) is 17.8 Å². The number of nitrogens with zero attached hydrogens (tertiary/aromatic N) is 3. The largest absolute Gasteiger partial charge is 0.355 e. The molecule has 28 heavy (non-hydrogen) atoms. The molecule has 2 aromatic carbocycles. The third kappa shape index (κ3) is 5.19. The standard InChI is InChI=1S/C21H23FN4OS/c1-15(2)12-13-23-19(27)14-28-21-25-24-20(16-6-4-3-5-7-16)26(21)18-10-8-17(22)9-11-18/h3-11,15H,12-14H2,1-2H3,(H,23,27). The second kappa shape index (κ2) is 9.50. The van der Waals surface area contributed by atoms with Gasteiger partial charge in [-0.25, -0.2) is 4.39 Å². The van der Waals surface area contributed by atoms with Crippen LogP contribution in [0.3, 0.4) is 0 Å². The number of aromatic nitrogens is 3. The number of carbonyl (C=O) groups is 1. The maximum Gasteiger partial charge on any atom is 0.230 e. The van der Waals surface area contributed by atoms with Gasteiger partial charge in [-0.15, -0.1) is 10.2 Å². The van der Waals surface area contributed by atoms with E-state index in [0.29, 0.717) is 23.4 Å². The highest BCUT2D eigenvalue weighted by molar-refractivity contribution is 7.99. The van der Waals surface area contributed by atoms with Crippen molar-refractivity contribution in [2.75, 3.05) is 12.3 Å². The van der Waals surface area contributed by atoms with Gasteiger partial charge in [0.05, 0.1) is 5.75 Å². The van der Waals surface area contributed by atoms with Gasteiger partial charge in [-0.3, -0.25) is 9.36 Å². The monoisotopic (exact) mass is 398 g/mol. The first-order chi connectivity index (χ1) is 13.5. The van der Waals surface area contributed by atoms with Crippen molar-refractivity contribution in [2.24, 2.45) is 5.92 Å². The predicted octanol–water partition coefficient (Wildman–Crippen LogP) is 4.33. The van der Waals surface area contributed by atoms with Crippen molar-refractivity contribution in [2.45, 2.75) is 25.4 Å². The first-order valence-electron chi connectivity index (χ1n) is 9.21. The summed E-state index contributed by atoms with van der Waals surface area (Å²) < 4.78 is 15.2. The number of rotatable bonds is 8. The molecule has 0 aliphatic carbocycles. The number of thioether (sulfide) groups is 1. The predicted molar refractivity (Wildman–Crippen MR) is 110 cm³/mol. The van der Waals surface area contributed by atoms with Gasteiger partial charge in [0.15, 0.2) is 11.0 Å². The van der Waals surface area contributed by atoms with Crippen molar-refractivity contribution in [1.29, 1.82) is 0 Å². The average molecular weight is 399 g/mol. The first-order valence-corrected chi connectivity index (χ1v) is 10.2. The number of hydrogen-bond acceptors (Lipinski definition) is 4. The van der Waals surface area contributed by atoms with Gasteiger partial charge in [0.2, 0.25) is 5.91 Å². The highest BCUT2D eigenvalue weighted by Gasteiger charge is 2.17. The SMILES string of the molecule is CC(C)CCNC(=O)CSc1nnc(-c2ccccc2)n1-c1ccc(F)cc1. The summed E-state index contributed by atoms with van der Waals surface area (Å²) in [7, 11) is 0. The first kappa shape index (κ1) is 20.1. The minimum Gasteiger partial charge on any atom is -0.355 e. The lowest BCUT2D eigenvalue weighted by atomic mass is 10.1. The molecule has 0 radical (unpaired) electrons. The van der Waals surface area contributed by atoms with E-state index in [9.17, 15) is 9.18 Å². The summed E-state index contributed by atoms with van der Waals surface area (Å²) in [6, 6.07) is 15.8. The van der Waals surface area contributed by atoms with E-state index in [1.54, 1.807) is 12.1 Å². The van der Waals surface area contributed by atoms with Gasteiger partial charge >= 0.3 is 0 Å². The van der Waals surface area contributed by atoms with Crippen LogP contribution in [0.5, 0.6) is 0 Å². The normalized spacial score (nSPS) is 11.0. The molecule has 0 spiro atoms. The summed E-state index contributed by atoms with van der Waals surface area (Å²) in [5.74, 6) is 1.09. The fourth-order valence-electron chi connectivity index (χ4n) is 2.64. The summed E-state index contributed by atoms with van der Waals surface area (Å²) in [5, 5.41) is 12.1. The van der Waals surface area contributed by atoms with Crippen LogP contribution in [0.2, 0.25) is 0 Å². The average Bonchev–Trinajstić information content (AvgIpc) is 3.11. The van der Waals surface area contributed by atoms with Crippen LogP contribution in [0.15, 0.2) is 59.8 Å². The number of nitrogens with one attached hydrogen (secondary N) is 1. The number of hydrogen-bond donors (Lipinski definition) is 1. The zero-order valence-electron chi connectivity index (χ0n) is 15.9. The van der Waals surface area contributed by atoms with E-state index in [4.69, 9.17) is 0 Å². The number of amides is 1. The molecule has 1 amide bonds. The molecule has 0 bridgehead atoms. The number of carbonyl (C=O) groups excluding carboxylic acids is 1. The van der Waals surface area contributed by atoms with Crippen LogP contribution in [0.25, 0.3) is 17.1 Å². The van der Waals surface area contributed by atoms with Crippen molar-refractivity contribution >= 4 is 17.7 Å². The van der Waals surface area contributed by atoms with E-state index in [2.05, 4.69) is 29.4 Å². The molecule has 3 aromatic rings. The fourth-order valence-corrected chi connectivity index (χ4v) is 3.42. The Labute approximate surface area is 168 Å². The molecule has 146 valence electrons. The fraction of sp³-hybridized carbons (Fsp3) is 0.286. The third-order valence-electron chi connectivity index (χ3n) is 4.13. The topological polar surface area (TPSA) is 59.8 Å². The number of halogens is 1. The Morgan fingerprint density at radius 3 is 2.50 bits per heavy atom. The number of benzene rings is 2. The molecule has 0 atom stereocenters. The highest BCUT2D eigenvalue weighted by atomic mass is 32.2. The molecule has 0 unspecified atom stereocenters. The van der Waals surface area contributed by atoms with Gasteiger partial charge in [-0.05, 0) is 36.6 Å². The molecule has 1 aromatic heterocycles. The van der Waals surface area contributed by atoms with Crippen LogP contribution in [0.1, 0.15) is 20.3 Å². The van der Waals surface area contributed by atoms with E-state index < -0.39 is 0 Å². The molecule has 3 rings (SSSR count). The summed E-state index contributed by atoms with van der Waals surface area (Å²) in [6.45, 7) is 4.91. The minimum atomic E-state index is -0.309. The lowest BCUT2D eigenvalue weighted by Gasteiger charge is -2.11. The van der Waals surface area contributed by atoms with Crippen LogP contribution >= 0.6 is 11.8 Å². The van der Waals surface area contributed by atoms with Crippen molar-refractivity contribution in [1.82, 2.24) is 20.1 Å². The molecular formula is C21H23FN4OS. The Morgan fingerprint density at radius 1 is 1.11 bits per heavy atom. The van der Waals surface area contributed by atoms with Crippen molar-refractivity contribution in [3.63, 3.8) is 0 Å². The lowest BCUT2D eigenvalue weighted by Crippen LogP contribution is -2.27. The second-order valence-electron chi connectivity index (χ2n) is 6.81. The summed E-state index contributed by atoms with van der Waals surface area (Å²) in [5.41, 5.74) is 1.64. The second-order valence-corrected chi connectivity index (χ2v) is 7.75. The van der Waals surface area contributed by atoms with E-state index in [1.807, 2.05) is 34.9 Å². The van der Waals surface area contributed by atoms with Crippen molar-refractivity contribution in [3.8, 4) is 17.1 Å². The molecule has 5 nitrogen and oxygen atoms in total. The van der Waals surface area contributed by atoms with Crippen LogP contribution < -0.4 is 5.32 Å². The van der Waals surface area contributed by atoms with Crippen LogP contribution in [0, 0.1) is 11.7 Å². The Bertz CT molecular complexity index is 910. The Morgan fingerprint density at radius 2 is 1.82 bits per heavy atom. The van der Waals surface area contributed by atoms with Gasteiger partial charge < -0.3 is 5.32 Å². The Hall–Kier alpha value is -2.67. The molecule has 0 saturated carbocycles. The van der Waals surface area contributed by atoms with Gasteiger partial charge in [0.1, 0.15) is 5.82 Å². The van der Waals surface area contributed by atoms with Crippen molar-refractivity contribution < 1.29 is 9.18 Å². The Balaban J connectivity index is 1.82. The van der Waals surface area contributed by atoms with E-state index >= 15 is 0 Å². The maximum atomic E-state index is 13.4.